The van der Waals surface area contributed by atoms with Gasteiger partial charge in [-0.15, -0.1) is 0 Å². The first-order chi connectivity index (χ1) is 6.11. The van der Waals surface area contributed by atoms with Crippen LogP contribution in [0.3, 0.4) is 0 Å². The van der Waals surface area contributed by atoms with Crippen LogP contribution in [-0.4, -0.2) is 21.6 Å². The number of ketones is 1. The van der Waals surface area contributed by atoms with Crippen molar-refractivity contribution < 1.29 is 9.59 Å². The lowest BCUT2D eigenvalue weighted by Gasteiger charge is -1.99. The molecule has 0 amide bonds. The monoisotopic (exact) mass is 180 g/mol. The molecule has 0 radical (unpaired) electrons. The van der Waals surface area contributed by atoms with Crippen LogP contribution in [0.5, 0.6) is 0 Å². The summed E-state index contributed by atoms with van der Waals surface area (Å²) in [5, 5.41) is 0. The van der Waals surface area contributed by atoms with Crippen molar-refractivity contribution in [3.63, 3.8) is 0 Å². The fourth-order valence-electron chi connectivity index (χ4n) is 1.41. The van der Waals surface area contributed by atoms with Crippen molar-refractivity contribution >= 4 is 12.1 Å². The second kappa shape index (κ2) is 3.51. The number of nitrogens with zero attached hydrogens (tertiary/aromatic N) is 2. The van der Waals surface area contributed by atoms with E-state index in [0.717, 1.165) is 12.2 Å². The van der Waals surface area contributed by atoms with Gasteiger partial charge in [-0.3, -0.25) is 9.59 Å². The van der Waals surface area contributed by atoms with Gasteiger partial charge >= 0.3 is 0 Å². The standard InChI is InChI=1S/C9H12N2O2/c1-4-8-10-6(2)9(11(8)3)7(13)5-12/h5H,4H2,1-3H3. The first-order valence-corrected chi connectivity index (χ1v) is 4.13. The van der Waals surface area contributed by atoms with Crippen molar-refractivity contribution in [1.29, 1.82) is 0 Å². The predicted octanol–water partition coefficient (Wildman–Crippen LogP) is 0.673. The highest BCUT2D eigenvalue weighted by Gasteiger charge is 2.16. The summed E-state index contributed by atoms with van der Waals surface area (Å²) >= 11 is 0. The Balaban J connectivity index is 3.28. The fraction of sp³-hybridized carbons (Fsp3) is 0.444. The molecule has 1 aromatic rings. The fourth-order valence-corrected chi connectivity index (χ4v) is 1.41. The molecule has 1 aromatic heterocycles. The summed E-state index contributed by atoms with van der Waals surface area (Å²) in [6, 6.07) is 0. The summed E-state index contributed by atoms with van der Waals surface area (Å²) in [7, 11) is 1.75. The van der Waals surface area contributed by atoms with E-state index < -0.39 is 5.78 Å². The normalized spacial score (nSPS) is 10.1. The average molecular weight is 180 g/mol. The smallest absolute Gasteiger partial charge is 0.243 e. The summed E-state index contributed by atoms with van der Waals surface area (Å²) in [4.78, 5) is 25.7. The first kappa shape index (κ1) is 9.64. The topological polar surface area (TPSA) is 52.0 Å². The third-order valence-electron chi connectivity index (χ3n) is 2.02. The quantitative estimate of drug-likeness (QED) is 0.390. The van der Waals surface area contributed by atoms with E-state index in [4.69, 9.17) is 0 Å². The lowest BCUT2D eigenvalue weighted by Crippen LogP contribution is -2.09. The number of hydrogen-bond acceptors (Lipinski definition) is 3. The van der Waals surface area contributed by atoms with Crippen molar-refractivity contribution in [2.45, 2.75) is 20.3 Å². The maximum absolute atomic E-state index is 11.2. The van der Waals surface area contributed by atoms with Crippen molar-refractivity contribution in [2.24, 2.45) is 7.05 Å². The van der Waals surface area contributed by atoms with Gasteiger partial charge in [-0.25, -0.2) is 4.98 Å². The Morgan fingerprint density at radius 1 is 1.62 bits per heavy atom. The van der Waals surface area contributed by atoms with E-state index in [1.807, 2.05) is 6.92 Å². The van der Waals surface area contributed by atoms with E-state index >= 15 is 0 Å². The molecule has 70 valence electrons. The molecule has 4 nitrogen and oxygen atoms in total. The van der Waals surface area contributed by atoms with Gasteiger partial charge in [0.1, 0.15) is 11.5 Å². The highest BCUT2D eigenvalue weighted by molar-refractivity contribution is 6.33. The molecule has 0 aliphatic rings. The Morgan fingerprint density at radius 2 is 2.23 bits per heavy atom. The Labute approximate surface area is 76.6 Å². The zero-order valence-corrected chi connectivity index (χ0v) is 8.00. The predicted molar refractivity (Wildman–Crippen MR) is 47.7 cm³/mol. The average Bonchev–Trinajstić information content (AvgIpc) is 2.40. The molecule has 1 heterocycles. The number of aldehydes is 1. The van der Waals surface area contributed by atoms with Gasteiger partial charge in [-0.1, -0.05) is 6.92 Å². The Morgan fingerprint density at radius 3 is 2.62 bits per heavy atom. The van der Waals surface area contributed by atoms with Gasteiger partial charge in [0, 0.05) is 13.5 Å². The molecule has 0 atom stereocenters. The largest absolute Gasteiger partial charge is 0.328 e. The van der Waals surface area contributed by atoms with Crippen LogP contribution >= 0.6 is 0 Å². The van der Waals surface area contributed by atoms with Gasteiger partial charge < -0.3 is 4.57 Å². The molecule has 0 aliphatic carbocycles. The minimum atomic E-state index is -0.507. The van der Waals surface area contributed by atoms with Crippen molar-refractivity contribution in [3.8, 4) is 0 Å². The van der Waals surface area contributed by atoms with Gasteiger partial charge in [-0.05, 0) is 6.92 Å². The lowest BCUT2D eigenvalue weighted by atomic mass is 10.2. The van der Waals surface area contributed by atoms with Crippen LogP contribution < -0.4 is 0 Å². The highest BCUT2D eigenvalue weighted by Crippen LogP contribution is 2.09. The summed E-state index contributed by atoms with van der Waals surface area (Å²) in [6.07, 6.45) is 1.08. The molecule has 1 rings (SSSR count). The number of Topliss-reactive ketones (excluding diaryl/α,β-unsaturated/α-hetero) is 1. The van der Waals surface area contributed by atoms with Crippen molar-refractivity contribution in [3.05, 3.63) is 17.2 Å². The van der Waals surface area contributed by atoms with Crippen LogP contribution in [0.1, 0.15) is 28.9 Å². The molecule has 0 bridgehead atoms. The number of aryl methyl sites for hydroxylation is 2. The zero-order chi connectivity index (χ0) is 10.0. The van der Waals surface area contributed by atoms with E-state index in [1.54, 1.807) is 18.5 Å². The Hall–Kier alpha value is -1.45. The minimum absolute atomic E-state index is 0.323. The maximum Gasteiger partial charge on any atom is 0.243 e. The molecule has 0 aliphatic heterocycles. The molecular weight excluding hydrogens is 168 g/mol. The van der Waals surface area contributed by atoms with Gasteiger partial charge in [0.2, 0.25) is 5.78 Å². The molecule has 0 N–H and O–H groups in total. The van der Waals surface area contributed by atoms with E-state index in [1.165, 1.54) is 0 Å². The van der Waals surface area contributed by atoms with Crippen LogP contribution in [-0.2, 0) is 18.3 Å². The number of carbonyl (C=O) groups is 2. The van der Waals surface area contributed by atoms with Crippen LogP contribution in [0.25, 0.3) is 0 Å². The van der Waals surface area contributed by atoms with Gasteiger partial charge in [0.25, 0.3) is 0 Å². The summed E-state index contributed by atoms with van der Waals surface area (Å²) < 4.78 is 1.67. The number of rotatable bonds is 3. The van der Waals surface area contributed by atoms with Gasteiger partial charge in [-0.2, -0.15) is 0 Å². The molecule has 0 unspecified atom stereocenters. The third-order valence-corrected chi connectivity index (χ3v) is 2.02. The van der Waals surface area contributed by atoms with Crippen LogP contribution in [0.2, 0.25) is 0 Å². The maximum atomic E-state index is 11.2. The second-order valence-electron chi connectivity index (χ2n) is 2.86. The summed E-state index contributed by atoms with van der Waals surface area (Å²) in [6.45, 7) is 3.69. The molecule has 0 aromatic carbocycles. The zero-order valence-electron chi connectivity index (χ0n) is 8.00. The van der Waals surface area contributed by atoms with Crippen LogP contribution in [0.15, 0.2) is 0 Å². The lowest BCUT2D eigenvalue weighted by molar-refractivity contribution is -0.104. The molecule has 4 heteroatoms. The molecule has 0 saturated carbocycles. The molecule has 13 heavy (non-hydrogen) atoms. The Kier molecular flexibility index (Phi) is 2.60. The number of carbonyl (C=O) groups excluding carboxylic acids is 2. The highest BCUT2D eigenvalue weighted by atomic mass is 16.2. The van der Waals surface area contributed by atoms with Gasteiger partial charge in [0.15, 0.2) is 6.29 Å². The van der Waals surface area contributed by atoms with E-state index in [-0.39, 0.29) is 0 Å². The van der Waals surface area contributed by atoms with Crippen LogP contribution in [0, 0.1) is 6.92 Å². The summed E-state index contributed by atoms with van der Waals surface area (Å²) in [5.74, 6) is 0.315. The Bertz CT molecular complexity index is 353. The molecular formula is C9H12N2O2. The van der Waals surface area contributed by atoms with E-state index in [2.05, 4.69) is 4.98 Å². The molecule has 0 saturated heterocycles. The van der Waals surface area contributed by atoms with E-state index in [9.17, 15) is 9.59 Å². The van der Waals surface area contributed by atoms with Gasteiger partial charge in [0.05, 0.1) is 5.69 Å². The van der Waals surface area contributed by atoms with E-state index in [0.29, 0.717) is 17.7 Å². The number of aromatic nitrogens is 2. The third kappa shape index (κ3) is 1.52. The van der Waals surface area contributed by atoms with Crippen molar-refractivity contribution in [2.75, 3.05) is 0 Å². The summed E-state index contributed by atoms with van der Waals surface area (Å²) in [5.41, 5.74) is 1.02. The molecule has 0 spiro atoms. The SMILES string of the molecule is CCc1nc(C)c(C(=O)C=O)n1C. The first-order valence-electron chi connectivity index (χ1n) is 4.13. The van der Waals surface area contributed by atoms with Crippen LogP contribution in [0.4, 0.5) is 0 Å². The second-order valence-corrected chi connectivity index (χ2v) is 2.86. The number of hydrogen-bond donors (Lipinski definition) is 0. The number of imidazole rings is 1. The van der Waals surface area contributed by atoms with Crippen molar-refractivity contribution in [1.82, 2.24) is 9.55 Å². The minimum Gasteiger partial charge on any atom is -0.328 e. The molecule has 0 fully saturated rings.